The van der Waals surface area contributed by atoms with Crippen LogP contribution in [0.3, 0.4) is 0 Å². The largest absolute Gasteiger partial charge is 0.347 e. The third-order valence-corrected chi connectivity index (χ3v) is 2.82. The van der Waals surface area contributed by atoms with Crippen LogP contribution in [0.25, 0.3) is 0 Å². The Balaban J connectivity index is 2.60. The fourth-order valence-corrected chi connectivity index (χ4v) is 1.64. The van der Waals surface area contributed by atoms with E-state index in [1.165, 1.54) is 19.0 Å². The molecule has 0 bridgehead atoms. The lowest BCUT2D eigenvalue weighted by Crippen LogP contribution is -2.44. The first kappa shape index (κ1) is 16.6. The molecule has 9 nitrogen and oxygen atoms in total. The zero-order valence-corrected chi connectivity index (χ0v) is 12.2. The average molecular weight is 298 g/mol. The number of hydrogen-bond acceptors (Lipinski definition) is 5. The molecular weight excluding hydrogens is 280 g/mol. The van der Waals surface area contributed by atoms with Crippen LogP contribution in [0.2, 0.25) is 0 Å². The zero-order chi connectivity index (χ0) is 16.2. The van der Waals surface area contributed by atoms with E-state index < -0.39 is 30.3 Å². The third-order valence-electron chi connectivity index (χ3n) is 2.82. The van der Waals surface area contributed by atoms with Gasteiger partial charge in [0, 0.05) is 20.6 Å². The van der Waals surface area contributed by atoms with Crippen LogP contribution in [0.5, 0.6) is 0 Å². The highest BCUT2D eigenvalue weighted by Gasteiger charge is 2.44. The standard InChI is InChI=1S/C12H18N4O5/c1-4-5-15-10(19)11(20)16(12(15)21)7-8(17)13-6-9(18)14(2)3/h4-7H2,1-3H3,(H,13,17). The Morgan fingerprint density at radius 2 is 1.67 bits per heavy atom. The SMILES string of the molecule is CCCN1C(=O)C(=O)N(CC(=O)NCC(=O)N(C)C)C1=O. The van der Waals surface area contributed by atoms with Crippen molar-refractivity contribution in [3.63, 3.8) is 0 Å². The van der Waals surface area contributed by atoms with Crippen LogP contribution in [0.1, 0.15) is 13.3 Å². The summed E-state index contributed by atoms with van der Waals surface area (Å²) in [5, 5.41) is 2.29. The first-order chi connectivity index (χ1) is 9.79. The molecule has 0 spiro atoms. The highest BCUT2D eigenvalue weighted by Crippen LogP contribution is 2.11. The topological polar surface area (TPSA) is 107 Å². The van der Waals surface area contributed by atoms with Gasteiger partial charge in [-0.05, 0) is 6.42 Å². The molecule has 9 heteroatoms. The highest BCUT2D eigenvalue weighted by atomic mass is 16.2. The Kier molecular flexibility index (Phi) is 5.39. The molecule has 0 aliphatic carbocycles. The van der Waals surface area contributed by atoms with E-state index in [4.69, 9.17) is 0 Å². The minimum atomic E-state index is -1.03. The molecule has 1 N–H and O–H groups in total. The molecule has 0 radical (unpaired) electrons. The Morgan fingerprint density at radius 3 is 2.19 bits per heavy atom. The Morgan fingerprint density at radius 1 is 1.10 bits per heavy atom. The molecule has 6 amide bonds. The Bertz CT molecular complexity index is 488. The van der Waals surface area contributed by atoms with E-state index in [1.54, 1.807) is 6.92 Å². The van der Waals surface area contributed by atoms with Gasteiger partial charge < -0.3 is 10.2 Å². The van der Waals surface area contributed by atoms with Crippen molar-refractivity contribution >= 4 is 29.7 Å². The summed E-state index contributed by atoms with van der Waals surface area (Å²) in [6, 6.07) is -0.805. The molecule has 0 aromatic carbocycles. The van der Waals surface area contributed by atoms with Crippen molar-refractivity contribution in [3.05, 3.63) is 0 Å². The molecule has 0 aromatic heterocycles. The second-order valence-corrected chi connectivity index (χ2v) is 4.70. The fraction of sp³-hybridized carbons (Fsp3) is 0.583. The summed E-state index contributed by atoms with van der Waals surface area (Å²) in [6.45, 7) is 1.06. The molecule has 21 heavy (non-hydrogen) atoms. The van der Waals surface area contributed by atoms with Crippen LogP contribution in [-0.2, 0) is 19.2 Å². The van der Waals surface area contributed by atoms with Crippen molar-refractivity contribution < 1.29 is 24.0 Å². The second kappa shape index (κ2) is 6.82. The van der Waals surface area contributed by atoms with E-state index in [9.17, 15) is 24.0 Å². The highest BCUT2D eigenvalue weighted by molar-refractivity contribution is 6.45. The van der Waals surface area contributed by atoms with Gasteiger partial charge in [-0.1, -0.05) is 6.92 Å². The summed E-state index contributed by atoms with van der Waals surface area (Å²) in [7, 11) is 3.06. The maximum absolute atomic E-state index is 11.9. The zero-order valence-electron chi connectivity index (χ0n) is 12.2. The van der Waals surface area contributed by atoms with Crippen molar-refractivity contribution in [2.45, 2.75) is 13.3 Å². The Labute approximate surface area is 121 Å². The summed E-state index contributed by atoms with van der Waals surface area (Å²) in [4.78, 5) is 60.7. The lowest BCUT2D eigenvalue weighted by atomic mass is 10.4. The van der Waals surface area contributed by atoms with Crippen LogP contribution in [0.15, 0.2) is 0 Å². The van der Waals surface area contributed by atoms with E-state index >= 15 is 0 Å². The lowest BCUT2D eigenvalue weighted by molar-refractivity contribution is -0.144. The summed E-state index contributed by atoms with van der Waals surface area (Å²) in [6.07, 6.45) is 0.516. The van der Waals surface area contributed by atoms with Crippen LogP contribution in [0, 0.1) is 0 Å². The number of imide groups is 2. The minimum absolute atomic E-state index is 0.126. The number of nitrogens with one attached hydrogen (secondary N) is 1. The van der Waals surface area contributed by atoms with Gasteiger partial charge in [0.2, 0.25) is 11.8 Å². The molecule has 1 fully saturated rings. The maximum Gasteiger partial charge on any atom is 0.334 e. The predicted molar refractivity (Wildman–Crippen MR) is 70.8 cm³/mol. The normalized spacial score (nSPS) is 14.7. The number of rotatable bonds is 6. The van der Waals surface area contributed by atoms with Gasteiger partial charge in [-0.2, -0.15) is 0 Å². The van der Waals surface area contributed by atoms with Crippen molar-refractivity contribution in [1.82, 2.24) is 20.0 Å². The third kappa shape index (κ3) is 3.77. The van der Waals surface area contributed by atoms with Gasteiger partial charge in [-0.25, -0.2) is 9.69 Å². The molecule has 1 aliphatic heterocycles. The van der Waals surface area contributed by atoms with E-state index in [0.717, 1.165) is 4.90 Å². The number of urea groups is 1. The van der Waals surface area contributed by atoms with E-state index in [0.29, 0.717) is 11.3 Å². The molecule has 0 aromatic rings. The smallest absolute Gasteiger partial charge is 0.334 e. The number of hydrogen-bond donors (Lipinski definition) is 1. The van der Waals surface area contributed by atoms with Crippen LogP contribution < -0.4 is 5.32 Å². The van der Waals surface area contributed by atoms with Gasteiger partial charge in [0.1, 0.15) is 6.54 Å². The number of carbonyl (C=O) groups excluding carboxylic acids is 5. The monoisotopic (exact) mass is 298 g/mol. The van der Waals surface area contributed by atoms with E-state index in [2.05, 4.69) is 5.32 Å². The molecule has 0 atom stereocenters. The summed E-state index contributed by atoms with van der Waals surface area (Å²) in [5.74, 6) is -2.97. The molecule has 1 saturated heterocycles. The van der Waals surface area contributed by atoms with Gasteiger partial charge in [0.25, 0.3) is 0 Å². The molecule has 1 aliphatic rings. The first-order valence-corrected chi connectivity index (χ1v) is 6.43. The van der Waals surface area contributed by atoms with E-state index in [-0.39, 0.29) is 19.0 Å². The van der Waals surface area contributed by atoms with Crippen LogP contribution in [0.4, 0.5) is 4.79 Å². The predicted octanol–water partition coefficient (Wildman–Crippen LogP) is -1.61. The van der Waals surface area contributed by atoms with Gasteiger partial charge in [-0.15, -0.1) is 0 Å². The van der Waals surface area contributed by atoms with Gasteiger partial charge in [0.05, 0.1) is 6.54 Å². The van der Waals surface area contributed by atoms with E-state index in [1.807, 2.05) is 0 Å². The first-order valence-electron chi connectivity index (χ1n) is 6.43. The summed E-state index contributed by atoms with van der Waals surface area (Å²) >= 11 is 0. The van der Waals surface area contributed by atoms with Gasteiger partial charge >= 0.3 is 17.8 Å². The van der Waals surface area contributed by atoms with Crippen molar-refractivity contribution in [1.29, 1.82) is 0 Å². The quantitative estimate of drug-likeness (QED) is 0.469. The lowest BCUT2D eigenvalue weighted by Gasteiger charge is -2.15. The molecule has 0 saturated carbocycles. The number of likely N-dealkylation sites (N-methyl/N-ethyl adjacent to an activating group) is 1. The maximum atomic E-state index is 11.9. The number of carbonyl (C=O) groups is 5. The van der Waals surface area contributed by atoms with Gasteiger partial charge in [-0.3, -0.25) is 24.1 Å². The number of nitrogens with zero attached hydrogens (tertiary/aromatic N) is 3. The van der Waals surface area contributed by atoms with Crippen LogP contribution >= 0.6 is 0 Å². The average Bonchev–Trinajstić information content (AvgIpc) is 2.62. The van der Waals surface area contributed by atoms with Crippen molar-refractivity contribution in [2.24, 2.45) is 0 Å². The number of amides is 6. The van der Waals surface area contributed by atoms with Crippen molar-refractivity contribution in [3.8, 4) is 0 Å². The molecule has 116 valence electrons. The fourth-order valence-electron chi connectivity index (χ4n) is 1.64. The summed E-state index contributed by atoms with van der Waals surface area (Å²) < 4.78 is 0. The molecular formula is C12H18N4O5. The second-order valence-electron chi connectivity index (χ2n) is 4.70. The molecule has 0 unspecified atom stereocenters. The van der Waals surface area contributed by atoms with Crippen molar-refractivity contribution in [2.75, 3.05) is 33.7 Å². The Hall–Kier alpha value is -2.45. The molecule has 1 rings (SSSR count). The molecule has 1 heterocycles. The minimum Gasteiger partial charge on any atom is -0.347 e. The summed E-state index contributed by atoms with van der Waals surface area (Å²) in [5.41, 5.74) is 0. The van der Waals surface area contributed by atoms with Crippen LogP contribution in [-0.4, -0.2) is 78.1 Å². The van der Waals surface area contributed by atoms with Gasteiger partial charge in [0.15, 0.2) is 0 Å².